The summed E-state index contributed by atoms with van der Waals surface area (Å²) < 4.78 is 6.03. The molecule has 1 aromatic carbocycles. The highest BCUT2D eigenvalue weighted by atomic mass is 79.9. The Labute approximate surface area is 115 Å². The van der Waals surface area contributed by atoms with E-state index in [2.05, 4.69) is 21.2 Å². The van der Waals surface area contributed by atoms with Crippen molar-refractivity contribution in [1.82, 2.24) is 0 Å². The molecule has 0 aromatic heterocycles. The summed E-state index contributed by atoms with van der Waals surface area (Å²) in [6.07, 6.45) is 2.83. The largest absolute Gasteiger partial charge is 0.497 e. The first kappa shape index (κ1) is 13.4. The fourth-order valence-electron chi connectivity index (χ4n) is 2.14. The van der Waals surface area contributed by atoms with Gasteiger partial charge in [0, 0.05) is 22.8 Å². The first-order chi connectivity index (χ1) is 8.59. The van der Waals surface area contributed by atoms with Crippen molar-refractivity contribution in [1.29, 1.82) is 0 Å². The Hall–Kier alpha value is -1.07. The van der Waals surface area contributed by atoms with E-state index >= 15 is 0 Å². The first-order valence-corrected chi connectivity index (χ1v) is 6.75. The van der Waals surface area contributed by atoms with Crippen LogP contribution in [0.2, 0.25) is 0 Å². The number of methoxy groups -OCH3 is 1. The van der Waals surface area contributed by atoms with Gasteiger partial charge in [-0.3, -0.25) is 4.79 Å². The summed E-state index contributed by atoms with van der Waals surface area (Å²) in [4.78, 5) is 12.2. The van der Waals surface area contributed by atoms with E-state index in [1.807, 2.05) is 12.1 Å². The van der Waals surface area contributed by atoms with Crippen molar-refractivity contribution >= 4 is 27.5 Å². The molecule has 18 heavy (non-hydrogen) atoms. The number of nitrogens with one attached hydrogen (secondary N) is 1. The number of ether oxygens (including phenoxy) is 1. The van der Waals surface area contributed by atoms with Gasteiger partial charge in [0.05, 0.1) is 12.5 Å². The summed E-state index contributed by atoms with van der Waals surface area (Å²) in [5.41, 5.74) is 6.08. The number of anilines is 1. The molecule has 1 saturated carbocycles. The molecule has 0 atom stereocenters. The van der Waals surface area contributed by atoms with Crippen LogP contribution in [0.5, 0.6) is 5.75 Å². The fourth-order valence-corrected chi connectivity index (χ4v) is 2.62. The third-order valence-corrected chi connectivity index (χ3v) is 4.01. The van der Waals surface area contributed by atoms with Crippen molar-refractivity contribution in [2.45, 2.75) is 19.3 Å². The predicted octanol–water partition coefficient (Wildman–Crippen LogP) is 2.53. The van der Waals surface area contributed by atoms with Crippen LogP contribution < -0.4 is 15.8 Å². The normalized spacial score (nSPS) is 16.8. The van der Waals surface area contributed by atoms with Crippen molar-refractivity contribution in [3.8, 4) is 5.75 Å². The molecule has 0 saturated heterocycles. The smallest absolute Gasteiger partial charge is 0.231 e. The van der Waals surface area contributed by atoms with Gasteiger partial charge in [0.1, 0.15) is 5.75 Å². The van der Waals surface area contributed by atoms with Gasteiger partial charge in [-0.25, -0.2) is 0 Å². The number of halogens is 1. The Morgan fingerprint density at radius 1 is 1.50 bits per heavy atom. The number of nitrogens with two attached hydrogens (primary N) is 1. The number of hydrogen-bond acceptors (Lipinski definition) is 3. The van der Waals surface area contributed by atoms with Crippen LogP contribution in [0.25, 0.3) is 0 Å². The second-order valence-corrected chi connectivity index (χ2v) is 5.59. The standard InChI is InChI=1S/C13H17BrN2O2/c1-18-11-6-9(14)5-10(7-11)16-12(17)13(8-15)3-2-4-13/h5-7H,2-4,8,15H2,1H3,(H,16,17). The van der Waals surface area contributed by atoms with E-state index in [1.165, 1.54) is 0 Å². The van der Waals surface area contributed by atoms with Gasteiger partial charge in [-0.15, -0.1) is 0 Å². The van der Waals surface area contributed by atoms with E-state index in [-0.39, 0.29) is 11.3 Å². The van der Waals surface area contributed by atoms with Crippen LogP contribution in [0.3, 0.4) is 0 Å². The van der Waals surface area contributed by atoms with Crippen LogP contribution in [0, 0.1) is 5.41 Å². The second-order valence-electron chi connectivity index (χ2n) is 4.67. The Balaban J connectivity index is 2.13. The van der Waals surface area contributed by atoms with E-state index in [0.717, 1.165) is 29.4 Å². The van der Waals surface area contributed by atoms with E-state index in [4.69, 9.17) is 10.5 Å². The molecular weight excluding hydrogens is 296 g/mol. The summed E-state index contributed by atoms with van der Waals surface area (Å²) in [5.74, 6) is 0.714. The topological polar surface area (TPSA) is 64.3 Å². The third kappa shape index (κ3) is 2.52. The highest BCUT2D eigenvalue weighted by Crippen LogP contribution is 2.41. The number of carbonyl (C=O) groups is 1. The zero-order valence-electron chi connectivity index (χ0n) is 10.3. The molecule has 4 nitrogen and oxygen atoms in total. The van der Waals surface area contributed by atoms with Gasteiger partial charge in [0.25, 0.3) is 0 Å². The minimum atomic E-state index is -0.366. The van der Waals surface area contributed by atoms with Crippen molar-refractivity contribution in [3.05, 3.63) is 22.7 Å². The Morgan fingerprint density at radius 3 is 2.72 bits per heavy atom. The van der Waals surface area contributed by atoms with Gasteiger partial charge in [-0.1, -0.05) is 22.4 Å². The monoisotopic (exact) mass is 312 g/mol. The number of benzene rings is 1. The Bertz CT molecular complexity index is 453. The van der Waals surface area contributed by atoms with Crippen LogP contribution in [0.15, 0.2) is 22.7 Å². The van der Waals surface area contributed by atoms with E-state index in [1.54, 1.807) is 13.2 Å². The molecule has 5 heteroatoms. The fraction of sp³-hybridized carbons (Fsp3) is 0.462. The minimum Gasteiger partial charge on any atom is -0.497 e. The van der Waals surface area contributed by atoms with E-state index in [0.29, 0.717) is 12.3 Å². The van der Waals surface area contributed by atoms with Gasteiger partial charge < -0.3 is 15.8 Å². The van der Waals surface area contributed by atoms with Gasteiger partial charge in [0.15, 0.2) is 0 Å². The highest BCUT2D eigenvalue weighted by molar-refractivity contribution is 9.10. The van der Waals surface area contributed by atoms with E-state index < -0.39 is 0 Å². The van der Waals surface area contributed by atoms with Crippen molar-refractivity contribution in [2.24, 2.45) is 11.1 Å². The van der Waals surface area contributed by atoms with Gasteiger partial charge in [-0.2, -0.15) is 0 Å². The van der Waals surface area contributed by atoms with Crippen LogP contribution in [-0.4, -0.2) is 19.6 Å². The molecule has 1 fully saturated rings. The van der Waals surface area contributed by atoms with Crippen molar-refractivity contribution in [3.63, 3.8) is 0 Å². The molecule has 2 rings (SSSR count). The quantitative estimate of drug-likeness (QED) is 0.898. The average Bonchev–Trinajstić information content (AvgIpc) is 2.27. The predicted molar refractivity (Wildman–Crippen MR) is 74.7 cm³/mol. The van der Waals surface area contributed by atoms with Crippen LogP contribution in [-0.2, 0) is 4.79 Å². The molecule has 1 aromatic rings. The van der Waals surface area contributed by atoms with Crippen LogP contribution >= 0.6 is 15.9 Å². The van der Waals surface area contributed by atoms with Gasteiger partial charge in [0.2, 0.25) is 5.91 Å². The lowest BCUT2D eigenvalue weighted by Gasteiger charge is -2.39. The molecule has 0 heterocycles. The molecule has 3 N–H and O–H groups in total. The maximum absolute atomic E-state index is 12.2. The molecule has 0 spiro atoms. The van der Waals surface area contributed by atoms with Crippen molar-refractivity contribution < 1.29 is 9.53 Å². The lowest BCUT2D eigenvalue weighted by Crippen LogP contribution is -2.47. The molecule has 0 radical (unpaired) electrons. The third-order valence-electron chi connectivity index (χ3n) is 3.55. The van der Waals surface area contributed by atoms with Gasteiger partial charge in [-0.05, 0) is 25.0 Å². The minimum absolute atomic E-state index is 0.0106. The first-order valence-electron chi connectivity index (χ1n) is 5.96. The van der Waals surface area contributed by atoms with Crippen LogP contribution in [0.1, 0.15) is 19.3 Å². The summed E-state index contributed by atoms with van der Waals surface area (Å²) >= 11 is 3.39. The number of amides is 1. The van der Waals surface area contributed by atoms with E-state index in [9.17, 15) is 4.79 Å². The molecule has 1 aliphatic carbocycles. The van der Waals surface area contributed by atoms with Crippen LogP contribution in [0.4, 0.5) is 5.69 Å². The zero-order chi connectivity index (χ0) is 13.2. The summed E-state index contributed by atoms with van der Waals surface area (Å²) in [5, 5.41) is 2.92. The summed E-state index contributed by atoms with van der Waals surface area (Å²) in [6.45, 7) is 0.407. The summed E-state index contributed by atoms with van der Waals surface area (Å²) in [7, 11) is 1.60. The number of rotatable bonds is 4. The summed E-state index contributed by atoms with van der Waals surface area (Å²) in [6, 6.07) is 5.49. The molecule has 0 aliphatic heterocycles. The highest BCUT2D eigenvalue weighted by Gasteiger charge is 2.42. The molecule has 0 unspecified atom stereocenters. The molecular formula is C13H17BrN2O2. The van der Waals surface area contributed by atoms with Crippen molar-refractivity contribution in [2.75, 3.05) is 19.0 Å². The SMILES string of the molecule is COc1cc(Br)cc(NC(=O)C2(CN)CCC2)c1. The molecule has 98 valence electrons. The Kier molecular flexibility index (Phi) is 3.92. The molecule has 0 bridgehead atoms. The number of hydrogen-bond donors (Lipinski definition) is 2. The lowest BCUT2D eigenvalue weighted by atomic mass is 9.68. The lowest BCUT2D eigenvalue weighted by molar-refractivity contribution is -0.129. The maximum atomic E-state index is 12.2. The second kappa shape index (κ2) is 5.28. The molecule has 1 aliphatic rings. The Morgan fingerprint density at radius 2 is 2.22 bits per heavy atom. The zero-order valence-corrected chi connectivity index (χ0v) is 11.9. The number of carbonyl (C=O) groups excluding carboxylic acids is 1. The molecule has 1 amide bonds. The average molecular weight is 313 g/mol. The van der Waals surface area contributed by atoms with Gasteiger partial charge >= 0.3 is 0 Å². The maximum Gasteiger partial charge on any atom is 0.231 e.